The first-order valence-corrected chi connectivity index (χ1v) is 7.08. The lowest BCUT2D eigenvalue weighted by Crippen LogP contribution is -2.15. The fraction of sp³-hybridized carbons (Fsp3) is 0.500. The van der Waals surface area contributed by atoms with Crippen LogP contribution in [0.5, 0.6) is 0 Å². The number of pyridine rings is 1. The molecule has 3 nitrogen and oxygen atoms in total. The normalized spacial score (nSPS) is 22.9. The van der Waals surface area contributed by atoms with Gasteiger partial charge >= 0.3 is 0 Å². The van der Waals surface area contributed by atoms with Crippen LogP contribution in [0.3, 0.4) is 0 Å². The molecule has 0 saturated carbocycles. The van der Waals surface area contributed by atoms with E-state index in [4.69, 9.17) is 0 Å². The summed E-state index contributed by atoms with van der Waals surface area (Å²) in [5, 5.41) is 3.95. The Kier molecular flexibility index (Phi) is 3.88. The molecule has 82 valence electrons. The zero-order valence-electron chi connectivity index (χ0n) is 8.28. The lowest BCUT2D eigenvalue weighted by Gasteiger charge is -2.07. The zero-order chi connectivity index (χ0) is 10.7. The van der Waals surface area contributed by atoms with Crippen LogP contribution >= 0.6 is 15.9 Å². The van der Waals surface area contributed by atoms with Crippen molar-refractivity contribution in [3.05, 3.63) is 22.8 Å². The molecule has 0 spiro atoms. The second-order valence-corrected chi connectivity index (χ2v) is 5.92. The Morgan fingerprint density at radius 3 is 3.13 bits per heavy atom. The summed E-state index contributed by atoms with van der Waals surface area (Å²) in [5.41, 5.74) is 0. The molecule has 0 unspecified atom stereocenters. The lowest BCUT2D eigenvalue weighted by molar-refractivity contribution is 0.631. The summed E-state index contributed by atoms with van der Waals surface area (Å²) in [6, 6.07) is 5.54. The third-order valence-corrected chi connectivity index (χ3v) is 4.38. The standard InChI is InChI=1S/C10H13BrN2OS/c11-9-2-1-3-10(13-9)15(14)7-8-4-5-12-6-8/h1-3,8,12H,4-7H2/t8-,15+/m0/s1. The molecule has 2 heterocycles. The topological polar surface area (TPSA) is 42.0 Å². The van der Waals surface area contributed by atoms with Gasteiger partial charge in [0.25, 0.3) is 0 Å². The van der Waals surface area contributed by atoms with Crippen LogP contribution in [-0.2, 0) is 10.8 Å². The molecule has 2 atom stereocenters. The Bertz CT molecular complexity index is 366. The maximum absolute atomic E-state index is 12.0. The molecule has 1 aliphatic heterocycles. The fourth-order valence-electron chi connectivity index (χ4n) is 1.67. The molecule has 1 fully saturated rings. The second-order valence-electron chi connectivity index (χ2n) is 3.67. The summed E-state index contributed by atoms with van der Waals surface area (Å²) in [6.07, 6.45) is 1.12. The van der Waals surface area contributed by atoms with E-state index in [0.29, 0.717) is 10.9 Å². The summed E-state index contributed by atoms with van der Waals surface area (Å²) >= 11 is 3.29. The van der Waals surface area contributed by atoms with Gasteiger partial charge in [0.2, 0.25) is 0 Å². The van der Waals surface area contributed by atoms with E-state index in [-0.39, 0.29) is 0 Å². The molecule has 2 rings (SSSR count). The first-order valence-electron chi connectivity index (χ1n) is 4.97. The van der Waals surface area contributed by atoms with Crippen molar-refractivity contribution in [2.45, 2.75) is 11.4 Å². The van der Waals surface area contributed by atoms with E-state index in [1.165, 1.54) is 0 Å². The van der Waals surface area contributed by atoms with Crippen LogP contribution < -0.4 is 5.32 Å². The number of rotatable bonds is 3. The highest BCUT2D eigenvalue weighted by Gasteiger charge is 2.18. The van der Waals surface area contributed by atoms with E-state index in [1.54, 1.807) is 0 Å². The highest BCUT2D eigenvalue weighted by Crippen LogP contribution is 2.15. The van der Waals surface area contributed by atoms with E-state index >= 15 is 0 Å². The summed E-state index contributed by atoms with van der Waals surface area (Å²) < 4.78 is 12.7. The van der Waals surface area contributed by atoms with Crippen molar-refractivity contribution in [1.29, 1.82) is 0 Å². The molecule has 5 heteroatoms. The van der Waals surface area contributed by atoms with Gasteiger partial charge in [0.05, 0.1) is 10.8 Å². The molecule has 1 aromatic heterocycles. The number of hydrogen-bond donors (Lipinski definition) is 1. The van der Waals surface area contributed by atoms with Crippen molar-refractivity contribution in [2.75, 3.05) is 18.8 Å². The van der Waals surface area contributed by atoms with Crippen LogP contribution in [0, 0.1) is 5.92 Å². The predicted molar refractivity (Wildman–Crippen MR) is 64.2 cm³/mol. The minimum atomic E-state index is -0.965. The largest absolute Gasteiger partial charge is 0.316 e. The van der Waals surface area contributed by atoms with Gasteiger partial charge in [-0.2, -0.15) is 0 Å². The van der Waals surface area contributed by atoms with E-state index in [1.807, 2.05) is 18.2 Å². The molecule has 15 heavy (non-hydrogen) atoms. The first kappa shape index (κ1) is 11.2. The molecular weight excluding hydrogens is 276 g/mol. The van der Waals surface area contributed by atoms with Crippen LogP contribution in [0.25, 0.3) is 0 Å². The molecule has 1 saturated heterocycles. The summed E-state index contributed by atoms with van der Waals surface area (Å²) in [5.74, 6) is 1.25. The first-order chi connectivity index (χ1) is 7.25. The van der Waals surface area contributed by atoms with Crippen molar-refractivity contribution in [1.82, 2.24) is 10.3 Å². The Hall–Kier alpha value is -0.260. The smallest absolute Gasteiger partial charge is 0.128 e. The second kappa shape index (κ2) is 5.18. The van der Waals surface area contributed by atoms with Crippen LogP contribution in [0.15, 0.2) is 27.8 Å². The zero-order valence-corrected chi connectivity index (χ0v) is 10.7. The van der Waals surface area contributed by atoms with E-state index in [9.17, 15) is 4.21 Å². The molecule has 0 aromatic carbocycles. The maximum Gasteiger partial charge on any atom is 0.128 e. The van der Waals surface area contributed by atoms with Crippen LogP contribution in [0.2, 0.25) is 0 Å². The number of nitrogens with one attached hydrogen (secondary N) is 1. The highest BCUT2D eigenvalue weighted by atomic mass is 79.9. The van der Waals surface area contributed by atoms with E-state index in [0.717, 1.165) is 29.9 Å². The Morgan fingerprint density at radius 1 is 1.60 bits per heavy atom. The molecule has 1 aromatic rings. The third kappa shape index (κ3) is 3.09. The molecule has 1 aliphatic rings. The molecule has 0 aliphatic carbocycles. The lowest BCUT2D eigenvalue weighted by atomic mass is 10.2. The van der Waals surface area contributed by atoms with Crippen LogP contribution in [-0.4, -0.2) is 28.0 Å². The van der Waals surface area contributed by atoms with E-state index in [2.05, 4.69) is 26.2 Å². The summed E-state index contributed by atoms with van der Waals surface area (Å²) in [4.78, 5) is 4.21. The van der Waals surface area contributed by atoms with Gasteiger partial charge in [0.1, 0.15) is 9.63 Å². The van der Waals surface area contributed by atoms with Gasteiger partial charge in [-0.25, -0.2) is 4.98 Å². The molecule has 0 radical (unpaired) electrons. The Labute approximate surface area is 100 Å². The van der Waals surface area contributed by atoms with Crippen LogP contribution in [0.4, 0.5) is 0 Å². The van der Waals surface area contributed by atoms with Crippen molar-refractivity contribution in [2.24, 2.45) is 5.92 Å². The van der Waals surface area contributed by atoms with Gasteiger partial charge in [-0.15, -0.1) is 0 Å². The minimum absolute atomic E-state index is 0.534. The molecule has 1 N–H and O–H groups in total. The minimum Gasteiger partial charge on any atom is -0.316 e. The van der Waals surface area contributed by atoms with Crippen molar-refractivity contribution in [3.63, 3.8) is 0 Å². The predicted octanol–water partition coefficient (Wildman–Crippen LogP) is 1.56. The Morgan fingerprint density at radius 2 is 2.47 bits per heavy atom. The number of halogens is 1. The molecule has 0 bridgehead atoms. The SMILES string of the molecule is O=[S@](C[C@H]1CCNC1)c1cccc(Br)n1. The van der Waals surface area contributed by atoms with Crippen molar-refractivity contribution < 1.29 is 4.21 Å². The van der Waals surface area contributed by atoms with Gasteiger partial charge in [0, 0.05) is 5.75 Å². The fourth-order valence-corrected chi connectivity index (χ4v) is 3.45. The van der Waals surface area contributed by atoms with Gasteiger partial charge in [0.15, 0.2) is 0 Å². The number of aromatic nitrogens is 1. The third-order valence-electron chi connectivity index (χ3n) is 2.47. The number of hydrogen-bond acceptors (Lipinski definition) is 3. The van der Waals surface area contributed by atoms with Crippen molar-refractivity contribution in [3.8, 4) is 0 Å². The average molecular weight is 289 g/mol. The average Bonchev–Trinajstić information content (AvgIpc) is 2.70. The molecular formula is C10H13BrN2OS. The maximum atomic E-state index is 12.0. The quantitative estimate of drug-likeness (QED) is 0.859. The Balaban J connectivity index is 2.01. The molecule has 0 amide bonds. The van der Waals surface area contributed by atoms with Gasteiger partial charge in [-0.3, -0.25) is 4.21 Å². The monoisotopic (exact) mass is 288 g/mol. The summed E-state index contributed by atoms with van der Waals surface area (Å²) in [7, 11) is -0.965. The van der Waals surface area contributed by atoms with Gasteiger partial charge in [-0.05, 0) is 53.5 Å². The van der Waals surface area contributed by atoms with E-state index < -0.39 is 10.8 Å². The summed E-state index contributed by atoms with van der Waals surface area (Å²) in [6.45, 7) is 2.04. The van der Waals surface area contributed by atoms with Crippen molar-refractivity contribution >= 4 is 26.7 Å². The number of nitrogens with zero attached hydrogens (tertiary/aromatic N) is 1. The van der Waals surface area contributed by atoms with Crippen LogP contribution in [0.1, 0.15) is 6.42 Å². The highest BCUT2D eigenvalue weighted by molar-refractivity contribution is 9.10. The van der Waals surface area contributed by atoms with Gasteiger partial charge < -0.3 is 5.32 Å². The van der Waals surface area contributed by atoms with Gasteiger partial charge in [-0.1, -0.05) is 6.07 Å².